The van der Waals surface area contributed by atoms with E-state index in [9.17, 15) is 9.59 Å². The maximum Gasteiger partial charge on any atom is 0.237 e. The van der Waals surface area contributed by atoms with E-state index in [0.717, 1.165) is 30.4 Å². The molecule has 0 saturated heterocycles. The number of primary amides is 1. The Labute approximate surface area is 210 Å². The molecule has 0 aliphatic heterocycles. The van der Waals surface area contributed by atoms with Crippen LogP contribution in [0.25, 0.3) is 0 Å². The lowest BCUT2D eigenvalue weighted by molar-refractivity contribution is -0.138. The van der Waals surface area contributed by atoms with Gasteiger partial charge in [-0.3, -0.25) is 9.59 Å². The van der Waals surface area contributed by atoms with Crippen molar-refractivity contribution in [3.05, 3.63) is 71.8 Å². The van der Waals surface area contributed by atoms with E-state index in [-0.39, 0.29) is 36.2 Å². The molecule has 0 heterocycles. The highest BCUT2D eigenvalue weighted by molar-refractivity contribution is 5.85. The van der Waals surface area contributed by atoms with Crippen molar-refractivity contribution in [1.29, 1.82) is 0 Å². The van der Waals surface area contributed by atoms with Crippen molar-refractivity contribution in [3.63, 3.8) is 0 Å². The molecule has 1 saturated carbocycles. The lowest BCUT2D eigenvalue weighted by atomic mass is 9.57. The Morgan fingerprint density at radius 3 is 2.18 bits per heavy atom. The van der Waals surface area contributed by atoms with E-state index in [4.69, 9.17) is 11.5 Å². The van der Waals surface area contributed by atoms with Crippen LogP contribution in [-0.4, -0.2) is 17.9 Å². The van der Waals surface area contributed by atoms with Gasteiger partial charge in [-0.15, -0.1) is 12.4 Å². The first-order valence-electron chi connectivity index (χ1n) is 12.2. The molecule has 1 fully saturated rings. The maximum absolute atomic E-state index is 13.2. The van der Waals surface area contributed by atoms with Gasteiger partial charge in [0.15, 0.2) is 0 Å². The second kappa shape index (κ2) is 12.4. The summed E-state index contributed by atoms with van der Waals surface area (Å²) in [5.74, 6) is 0.471. The normalized spacial score (nSPS) is 24.0. The van der Waals surface area contributed by atoms with E-state index in [1.165, 1.54) is 0 Å². The summed E-state index contributed by atoms with van der Waals surface area (Å²) in [7, 11) is 0. The Morgan fingerprint density at radius 1 is 1.03 bits per heavy atom. The first-order chi connectivity index (χ1) is 15.7. The molecular weight excluding hydrogens is 446 g/mol. The van der Waals surface area contributed by atoms with E-state index < -0.39 is 11.5 Å². The lowest BCUT2D eigenvalue weighted by Crippen LogP contribution is -2.52. The van der Waals surface area contributed by atoms with E-state index in [1.54, 1.807) is 0 Å². The van der Waals surface area contributed by atoms with Gasteiger partial charge in [0, 0.05) is 0 Å². The van der Waals surface area contributed by atoms with Crippen LogP contribution >= 0.6 is 12.4 Å². The fraction of sp³-hybridized carbons (Fsp3) is 0.500. The highest BCUT2D eigenvalue weighted by atomic mass is 35.5. The Balaban J connectivity index is 0.00000408. The van der Waals surface area contributed by atoms with Crippen LogP contribution < -0.4 is 16.8 Å². The van der Waals surface area contributed by atoms with E-state index >= 15 is 0 Å². The molecule has 3 unspecified atom stereocenters. The molecule has 5 N–H and O–H groups in total. The van der Waals surface area contributed by atoms with Crippen LogP contribution in [0.3, 0.4) is 0 Å². The molecule has 1 aliphatic carbocycles. The van der Waals surface area contributed by atoms with Crippen LogP contribution in [0.2, 0.25) is 0 Å². The molecule has 186 valence electrons. The third-order valence-corrected chi connectivity index (χ3v) is 7.41. The van der Waals surface area contributed by atoms with Crippen molar-refractivity contribution in [2.75, 3.05) is 0 Å². The molecule has 0 spiro atoms. The van der Waals surface area contributed by atoms with Gasteiger partial charge in [0.1, 0.15) is 0 Å². The Bertz CT molecular complexity index is 922. The van der Waals surface area contributed by atoms with Crippen molar-refractivity contribution < 1.29 is 9.59 Å². The SMILES string of the molecule is CC1CCC(C(C)C)C(C[C@H](NC(=O)[C@@H](N)Cc2ccccc2)c2ccccc2)(C(N)=O)C1.Cl. The fourth-order valence-corrected chi connectivity index (χ4v) is 5.75. The molecule has 34 heavy (non-hydrogen) atoms. The van der Waals surface area contributed by atoms with Gasteiger partial charge in [0.25, 0.3) is 0 Å². The Hall–Kier alpha value is -2.37. The molecular formula is C28H40ClN3O2. The number of carbonyl (C=O) groups excluding carboxylic acids is 2. The van der Waals surface area contributed by atoms with E-state index in [2.05, 4.69) is 26.1 Å². The summed E-state index contributed by atoms with van der Waals surface area (Å²) >= 11 is 0. The average Bonchev–Trinajstić information content (AvgIpc) is 2.79. The van der Waals surface area contributed by atoms with Gasteiger partial charge in [0.05, 0.1) is 17.5 Å². The number of halogens is 1. The number of hydrogen-bond acceptors (Lipinski definition) is 3. The highest BCUT2D eigenvalue weighted by Crippen LogP contribution is 2.51. The topological polar surface area (TPSA) is 98.2 Å². The number of rotatable bonds is 9. The molecule has 1 aliphatic rings. The van der Waals surface area contributed by atoms with Crippen LogP contribution in [0, 0.1) is 23.2 Å². The predicted molar refractivity (Wildman–Crippen MR) is 140 cm³/mol. The van der Waals surface area contributed by atoms with Crippen molar-refractivity contribution in [2.24, 2.45) is 34.6 Å². The van der Waals surface area contributed by atoms with Gasteiger partial charge in [-0.2, -0.15) is 0 Å². The van der Waals surface area contributed by atoms with Crippen LogP contribution in [0.5, 0.6) is 0 Å². The summed E-state index contributed by atoms with van der Waals surface area (Å²) in [5.41, 5.74) is 13.8. The Kier molecular flexibility index (Phi) is 10.1. The van der Waals surface area contributed by atoms with E-state index in [1.807, 2.05) is 60.7 Å². The zero-order chi connectivity index (χ0) is 24.0. The van der Waals surface area contributed by atoms with E-state index in [0.29, 0.717) is 24.7 Å². The fourth-order valence-electron chi connectivity index (χ4n) is 5.75. The molecule has 6 heteroatoms. The molecule has 5 atom stereocenters. The highest BCUT2D eigenvalue weighted by Gasteiger charge is 2.50. The molecule has 0 aromatic heterocycles. The Morgan fingerprint density at radius 2 is 1.62 bits per heavy atom. The molecule has 2 amide bonds. The van der Waals surface area contributed by atoms with Crippen molar-refractivity contribution in [2.45, 2.75) is 65.0 Å². The molecule has 0 radical (unpaired) electrons. The van der Waals surface area contributed by atoms with Crippen LogP contribution in [0.15, 0.2) is 60.7 Å². The van der Waals surface area contributed by atoms with Gasteiger partial charge in [-0.25, -0.2) is 0 Å². The van der Waals surface area contributed by atoms with Crippen molar-refractivity contribution >= 4 is 24.2 Å². The van der Waals surface area contributed by atoms with Gasteiger partial charge in [0.2, 0.25) is 11.8 Å². The summed E-state index contributed by atoms with van der Waals surface area (Å²) < 4.78 is 0. The largest absolute Gasteiger partial charge is 0.369 e. The van der Waals surface area contributed by atoms with Crippen molar-refractivity contribution in [1.82, 2.24) is 5.32 Å². The zero-order valence-corrected chi connectivity index (χ0v) is 21.4. The quantitative estimate of drug-likeness (QED) is 0.476. The summed E-state index contributed by atoms with van der Waals surface area (Å²) in [6.45, 7) is 6.54. The monoisotopic (exact) mass is 485 g/mol. The second-order valence-electron chi connectivity index (χ2n) is 10.2. The molecule has 2 aromatic rings. The first kappa shape index (κ1) is 27.9. The first-order valence-corrected chi connectivity index (χ1v) is 12.2. The summed E-state index contributed by atoms with van der Waals surface area (Å²) in [4.78, 5) is 26.2. The predicted octanol–water partition coefficient (Wildman–Crippen LogP) is 4.79. The minimum absolute atomic E-state index is 0. The minimum Gasteiger partial charge on any atom is -0.369 e. The van der Waals surface area contributed by atoms with Gasteiger partial charge in [-0.05, 0) is 54.6 Å². The number of carbonyl (C=O) groups is 2. The van der Waals surface area contributed by atoms with Gasteiger partial charge >= 0.3 is 0 Å². The number of hydrogen-bond donors (Lipinski definition) is 3. The number of amides is 2. The lowest BCUT2D eigenvalue weighted by Gasteiger charge is -2.48. The second-order valence-corrected chi connectivity index (χ2v) is 10.2. The van der Waals surface area contributed by atoms with Crippen molar-refractivity contribution in [3.8, 4) is 0 Å². The average molecular weight is 486 g/mol. The molecule has 5 nitrogen and oxygen atoms in total. The summed E-state index contributed by atoms with van der Waals surface area (Å²) in [6, 6.07) is 18.6. The standard InChI is InChI=1S/C28H39N3O2.ClH/c1-19(2)23-15-14-20(3)17-28(23,27(30)33)18-25(22-12-8-5-9-13-22)31-26(32)24(29)16-21-10-6-4-7-11-21;/h4-13,19-20,23-25H,14-18,29H2,1-3H3,(H2,30,33)(H,31,32);1H/t20?,23?,24-,25-,28?;/m0./s1. The third kappa shape index (κ3) is 6.61. The molecule has 3 rings (SSSR count). The maximum atomic E-state index is 13.2. The van der Waals surface area contributed by atoms with Crippen LogP contribution in [-0.2, 0) is 16.0 Å². The van der Waals surface area contributed by atoms with Crippen LogP contribution in [0.1, 0.15) is 63.6 Å². The third-order valence-electron chi connectivity index (χ3n) is 7.41. The number of nitrogens with one attached hydrogen (secondary N) is 1. The summed E-state index contributed by atoms with van der Waals surface area (Å²) in [6.07, 6.45) is 3.78. The zero-order valence-electron chi connectivity index (χ0n) is 20.6. The number of nitrogens with two attached hydrogens (primary N) is 2. The summed E-state index contributed by atoms with van der Waals surface area (Å²) in [5, 5.41) is 3.18. The molecule has 0 bridgehead atoms. The number of benzene rings is 2. The van der Waals surface area contributed by atoms with Gasteiger partial charge < -0.3 is 16.8 Å². The smallest absolute Gasteiger partial charge is 0.237 e. The van der Waals surface area contributed by atoms with Gasteiger partial charge in [-0.1, -0.05) is 87.9 Å². The molecule has 2 aromatic carbocycles. The van der Waals surface area contributed by atoms with Crippen LogP contribution in [0.4, 0.5) is 0 Å². The minimum atomic E-state index is -0.672.